The number of hydrogen-bond acceptors (Lipinski definition) is 3. The van der Waals surface area contributed by atoms with E-state index in [1.807, 2.05) is 19.0 Å². The Bertz CT molecular complexity index is 610. The zero-order valence-corrected chi connectivity index (χ0v) is 14.1. The van der Waals surface area contributed by atoms with Gasteiger partial charge < -0.3 is 14.9 Å². The minimum absolute atomic E-state index is 0.0286. The maximum absolute atomic E-state index is 13.9. The van der Waals surface area contributed by atoms with Crippen molar-refractivity contribution in [2.75, 3.05) is 27.2 Å². The molecule has 4 nitrogen and oxygen atoms in total. The van der Waals surface area contributed by atoms with Gasteiger partial charge in [0.1, 0.15) is 5.82 Å². The molecule has 1 saturated heterocycles. The summed E-state index contributed by atoms with van der Waals surface area (Å²) in [7, 11) is 3.93. The summed E-state index contributed by atoms with van der Waals surface area (Å²) in [6.45, 7) is 1.19. The molecular formula is C17H22ClFN2O2. The molecule has 1 amide bonds. The Labute approximate surface area is 140 Å². The van der Waals surface area contributed by atoms with Gasteiger partial charge in [0.25, 0.3) is 5.91 Å². The fourth-order valence-electron chi connectivity index (χ4n) is 3.96. The zero-order chi connectivity index (χ0) is 16.7. The molecule has 23 heavy (non-hydrogen) atoms. The Morgan fingerprint density at radius 1 is 1.30 bits per heavy atom. The van der Waals surface area contributed by atoms with E-state index in [2.05, 4.69) is 0 Å². The van der Waals surface area contributed by atoms with E-state index < -0.39 is 5.82 Å². The molecule has 1 aromatic carbocycles. The normalized spacial score (nSPS) is 30.6. The summed E-state index contributed by atoms with van der Waals surface area (Å²) in [6, 6.07) is 4.17. The van der Waals surface area contributed by atoms with E-state index in [1.54, 1.807) is 4.90 Å². The Morgan fingerprint density at radius 2 is 1.96 bits per heavy atom. The van der Waals surface area contributed by atoms with Crippen LogP contribution in [0, 0.1) is 17.7 Å². The van der Waals surface area contributed by atoms with Crippen LogP contribution in [0.1, 0.15) is 23.2 Å². The van der Waals surface area contributed by atoms with Crippen molar-refractivity contribution >= 4 is 17.5 Å². The first-order chi connectivity index (χ1) is 10.9. The monoisotopic (exact) mass is 340 g/mol. The van der Waals surface area contributed by atoms with Gasteiger partial charge in [-0.2, -0.15) is 0 Å². The first-order valence-electron chi connectivity index (χ1n) is 7.95. The number of likely N-dealkylation sites (tertiary alicyclic amines) is 1. The molecule has 126 valence electrons. The third kappa shape index (κ3) is 3.23. The van der Waals surface area contributed by atoms with Crippen LogP contribution in [0.5, 0.6) is 0 Å². The first-order valence-corrected chi connectivity index (χ1v) is 8.33. The number of carbonyl (C=O) groups is 1. The number of rotatable bonds is 2. The van der Waals surface area contributed by atoms with E-state index >= 15 is 0 Å². The van der Waals surface area contributed by atoms with Crippen molar-refractivity contribution in [2.45, 2.75) is 25.0 Å². The molecular weight excluding hydrogens is 319 g/mol. The quantitative estimate of drug-likeness (QED) is 0.898. The molecule has 1 aliphatic carbocycles. The molecule has 1 aromatic rings. The summed E-state index contributed by atoms with van der Waals surface area (Å²) in [5, 5.41) is 10.6. The van der Waals surface area contributed by atoms with Crippen molar-refractivity contribution in [2.24, 2.45) is 11.8 Å². The molecule has 0 spiro atoms. The first kappa shape index (κ1) is 16.7. The van der Waals surface area contributed by atoms with Gasteiger partial charge in [-0.05, 0) is 57.0 Å². The van der Waals surface area contributed by atoms with Crippen LogP contribution in [0.25, 0.3) is 0 Å². The van der Waals surface area contributed by atoms with Gasteiger partial charge >= 0.3 is 0 Å². The lowest BCUT2D eigenvalue weighted by Gasteiger charge is -2.38. The lowest BCUT2D eigenvalue weighted by atomic mass is 9.77. The Kier molecular flexibility index (Phi) is 4.63. The molecule has 1 aliphatic heterocycles. The smallest absolute Gasteiger partial charge is 0.256 e. The van der Waals surface area contributed by atoms with Crippen LogP contribution in [0.4, 0.5) is 4.39 Å². The molecule has 0 aromatic heterocycles. The molecule has 3 rings (SSSR count). The second-order valence-corrected chi connectivity index (χ2v) is 7.36. The van der Waals surface area contributed by atoms with Crippen molar-refractivity contribution < 1.29 is 14.3 Å². The highest BCUT2D eigenvalue weighted by Gasteiger charge is 2.43. The highest BCUT2D eigenvalue weighted by molar-refractivity contribution is 6.31. The number of benzene rings is 1. The molecule has 0 unspecified atom stereocenters. The van der Waals surface area contributed by atoms with Crippen LogP contribution >= 0.6 is 11.6 Å². The third-order valence-electron chi connectivity index (χ3n) is 5.22. The molecule has 6 heteroatoms. The van der Waals surface area contributed by atoms with Crippen molar-refractivity contribution in [1.82, 2.24) is 9.80 Å². The van der Waals surface area contributed by atoms with Gasteiger partial charge in [0.2, 0.25) is 0 Å². The lowest BCUT2D eigenvalue weighted by Crippen LogP contribution is -2.46. The molecule has 0 radical (unpaired) electrons. The predicted molar refractivity (Wildman–Crippen MR) is 87.0 cm³/mol. The van der Waals surface area contributed by atoms with Gasteiger partial charge in [0, 0.05) is 24.2 Å². The van der Waals surface area contributed by atoms with Gasteiger partial charge in [-0.15, -0.1) is 0 Å². The summed E-state index contributed by atoms with van der Waals surface area (Å²) in [6.07, 6.45) is 1.18. The van der Waals surface area contributed by atoms with Gasteiger partial charge in [0.15, 0.2) is 0 Å². The molecule has 2 aliphatic rings. The molecule has 2 fully saturated rings. The van der Waals surface area contributed by atoms with Crippen molar-refractivity contribution in [3.63, 3.8) is 0 Å². The number of aliphatic hydroxyl groups is 1. The number of fused-ring (bicyclic) bond motifs is 1. The minimum atomic E-state index is -0.541. The molecule has 1 heterocycles. The minimum Gasteiger partial charge on any atom is -0.391 e. The predicted octanol–water partition coefficient (Wildman–Crippen LogP) is 2.25. The second-order valence-electron chi connectivity index (χ2n) is 6.92. The van der Waals surface area contributed by atoms with Crippen LogP contribution in [0.3, 0.4) is 0 Å². The number of halogens is 2. The summed E-state index contributed by atoms with van der Waals surface area (Å²) < 4.78 is 13.9. The average molecular weight is 341 g/mol. The summed E-state index contributed by atoms with van der Waals surface area (Å²) >= 11 is 5.89. The SMILES string of the molecule is CN(C)[C@@H]1C[C@@H]2CN(C(=O)c3cc(Cl)ccc3F)C[C@@H]2C[C@H]1O. The van der Waals surface area contributed by atoms with Crippen LogP contribution in [0.2, 0.25) is 5.02 Å². The van der Waals surface area contributed by atoms with E-state index in [-0.39, 0.29) is 29.5 Å². The topological polar surface area (TPSA) is 43.8 Å². The summed E-state index contributed by atoms with van der Waals surface area (Å²) in [5.74, 6) is -0.208. The van der Waals surface area contributed by atoms with E-state index in [4.69, 9.17) is 11.6 Å². The van der Waals surface area contributed by atoms with Crippen molar-refractivity contribution in [3.05, 3.63) is 34.6 Å². The number of carbonyl (C=O) groups excluding carboxylic acids is 1. The number of hydrogen-bond donors (Lipinski definition) is 1. The van der Waals surface area contributed by atoms with Gasteiger partial charge in [-0.3, -0.25) is 4.79 Å². The summed E-state index contributed by atoms with van der Waals surface area (Å²) in [4.78, 5) is 16.4. The Morgan fingerprint density at radius 3 is 2.61 bits per heavy atom. The van der Waals surface area contributed by atoms with Crippen LogP contribution in [0.15, 0.2) is 18.2 Å². The largest absolute Gasteiger partial charge is 0.391 e. The fraction of sp³-hybridized carbons (Fsp3) is 0.588. The van der Waals surface area contributed by atoms with E-state index in [0.717, 1.165) is 6.42 Å². The van der Waals surface area contributed by atoms with Crippen LogP contribution < -0.4 is 0 Å². The number of aliphatic hydroxyl groups excluding tert-OH is 1. The maximum atomic E-state index is 13.9. The zero-order valence-electron chi connectivity index (χ0n) is 13.4. The van der Waals surface area contributed by atoms with Gasteiger partial charge in [0.05, 0.1) is 11.7 Å². The number of likely N-dealkylation sites (N-methyl/N-ethyl adjacent to an activating group) is 1. The highest BCUT2D eigenvalue weighted by Crippen LogP contribution is 2.38. The van der Waals surface area contributed by atoms with Gasteiger partial charge in [-0.25, -0.2) is 4.39 Å². The Balaban J connectivity index is 1.75. The standard InChI is InChI=1S/C17H22ClFN2O2/c1-20(2)15-5-10-8-21(9-11(10)6-16(15)22)17(23)13-7-12(18)3-4-14(13)19/h3-4,7,10-11,15-16,22H,5-6,8-9H2,1-2H3/t10-,11+,15-,16-/m1/s1. The number of amides is 1. The van der Waals surface area contributed by atoms with E-state index in [1.165, 1.54) is 18.2 Å². The third-order valence-corrected chi connectivity index (χ3v) is 5.45. The molecule has 4 atom stereocenters. The number of nitrogens with zero attached hydrogens (tertiary/aromatic N) is 2. The van der Waals surface area contributed by atoms with Crippen molar-refractivity contribution in [3.8, 4) is 0 Å². The molecule has 1 saturated carbocycles. The molecule has 0 bridgehead atoms. The van der Waals surface area contributed by atoms with Crippen LogP contribution in [-0.2, 0) is 0 Å². The molecule has 1 N–H and O–H groups in total. The summed E-state index contributed by atoms with van der Waals surface area (Å²) in [5.41, 5.74) is 0.0286. The maximum Gasteiger partial charge on any atom is 0.256 e. The lowest BCUT2D eigenvalue weighted by molar-refractivity contribution is 0.00940. The van der Waals surface area contributed by atoms with E-state index in [0.29, 0.717) is 30.5 Å². The highest BCUT2D eigenvalue weighted by atomic mass is 35.5. The van der Waals surface area contributed by atoms with E-state index in [9.17, 15) is 14.3 Å². The van der Waals surface area contributed by atoms with Crippen LogP contribution in [-0.4, -0.2) is 60.1 Å². The second kappa shape index (κ2) is 6.38. The Hall–Kier alpha value is -1.17. The fourth-order valence-corrected chi connectivity index (χ4v) is 4.13. The van der Waals surface area contributed by atoms with Gasteiger partial charge in [-0.1, -0.05) is 11.6 Å². The average Bonchev–Trinajstić information content (AvgIpc) is 2.90. The van der Waals surface area contributed by atoms with Crippen molar-refractivity contribution in [1.29, 1.82) is 0 Å².